The van der Waals surface area contributed by atoms with E-state index in [4.69, 9.17) is 9.57 Å². The first kappa shape index (κ1) is 16.4. The molecule has 0 N–H and O–H groups in total. The van der Waals surface area contributed by atoms with Crippen molar-refractivity contribution in [1.29, 1.82) is 0 Å². The topological polar surface area (TPSA) is 65.0 Å². The molecule has 20 heavy (non-hydrogen) atoms. The Morgan fingerprint density at radius 3 is 2.50 bits per heavy atom. The first-order valence-electron chi connectivity index (χ1n) is 6.94. The van der Waals surface area contributed by atoms with Crippen molar-refractivity contribution in [1.82, 2.24) is 0 Å². The molecule has 0 amide bonds. The molecule has 0 spiro atoms. The monoisotopic (exact) mass is 281 g/mol. The van der Waals surface area contributed by atoms with E-state index in [1.165, 1.54) is 7.11 Å². The van der Waals surface area contributed by atoms with Gasteiger partial charge in [-0.3, -0.25) is 4.79 Å². The Bertz CT molecular complexity index is 460. The molecule has 0 saturated carbocycles. The third kappa shape index (κ3) is 3.26. The second-order valence-corrected chi connectivity index (χ2v) is 5.43. The van der Waals surface area contributed by atoms with Gasteiger partial charge in [0.15, 0.2) is 5.78 Å². The number of hydrogen-bond donors (Lipinski definition) is 0. The third-order valence-electron chi connectivity index (χ3n) is 3.28. The molecule has 0 aromatic carbocycles. The molecule has 0 fully saturated rings. The first-order chi connectivity index (χ1) is 9.38. The Hall–Kier alpha value is -1.65. The lowest BCUT2D eigenvalue weighted by Crippen LogP contribution is -2.20. The van der Waals surface area contributed by atoms with E-state index in [9.17, 15) is 9.59 Å². The van der Waals surface area contributed by atoms with Crippen molar-refractivity contribution in [2.24, 2.45) is 10.6 Å². The summed E-state index contributed by atoms with van der Waals surface area (Å²) in [5, 5.41) is 4.03. The molecule has 1 aliphatic rings. The minimum atomic E-state index is -0.528. The Morgan fingerprint density at radius 1 is 1.35 bits per heavy atom. The molecule has 0 aromatic heterocycles. The van der Waals surface area contributed by atoms with Gasteiger partial charge < -0.3 is 9.57 Å². The third-order valence-corrected chi connectivity index (χ3v) is 3.28. The van der Waals surface area contributed by atoms with Crippen LogP contribution in [0.25, 0.3) is 0 Å². The molecular weight excluding hydrogens is 258 g/mol. The predicted molar refractivity (Wildman–Crippen MR) is 76.4 cm³/mol. The largest absolute Gasteiger partial charge is 0.466 e. The van der Waals surface area contributed by atoms with Crippen LogP contribution in [0.3, 0.4) is 0 Å². The van der Waals surface area contributed by atoms with Crippen molar-refractivity contribution < 1.29 is 19.2 Å². The Labute approximate surface area is 120 Å². The fourth-order valence-corrected chi connectivity index (χ4v) is 2.44. The molecule has 0 saturated heterocycles. The zero-order valence-corrected chi connectivity index (χ0v) is 12.9. The van der Waals surface area contributed by atoms with Crippen LogP contribution in [0.15, 0.2) is 16.3 Å². The van der Waals surface area contributed by atoms with Crippen LogP contribution in [0.4, 0.5) is 0 Å². The van der Waals surface area contributed by atoms with Crippen molar-refractivity contribution in [3.63, 3.8) is 0 Å². The normalized spacial score (nSPS) is 18.4. The van der Waals surface area contributed by atoms with E-state index < -0.39 is 11.4 Å². The second-order valence-electron chi connectivity index (χ2n) is 5.43. The van der Waals surface area contributed by atoms with Gasteiger partial charge in [0.25, 0.3) is 0 Å². The summed E-state index contributed by atoms with van der Waals surface area (Å²) in [5.74, 6) is -0.529. The zero-order chi connectivity index (χ0) is 15.3. The van der Waals surface area contributed by atoms with Crippen LogP contribution in [0.5, 0.6) is 0 Å². The summed E-state index contributed by atoms with van der Waals surface area (Å²) in [6.45, 7) is 7.97. The highest BCUT2D eigenvalue weighted by molar-refractivity contribution is 6.28. The lowest BCUT2D eigenvalue weighted by molar-refractivity contribution is -0.137. The Kier molecular flexibility index (Phi) is 5.48. The average Bonchev–Trinajstić information content (AvgIpc) is 2.63. The number of Topliss-reactive ketones (excluding diaryl/α,β-unsaturated/α-hetero) is 1. The molecule has 0 radical (unpaired) electrons. The number of oxime groups is 1. The fraction of sp³-hybridized carbons (Fsp3) is 0.667. The SMILES string of the molecule is CCC/C(=N/OCC)C1=C(C(=O)OC)C(C)(C)CC1=O. The molecule has 112 valence electrons. The lowest BCUT2D eigenvalue weighted by atomic mass is 9.85. The molecule has 0 atom stereocenters. The highest BCUT2D eigenvalue weighted by Crippen LogP contribution is 2.41. The van der Waals surface area contributed by atoms with Crippen molar-refractivity contribution in [2.45, 2.75) is 47.0 Å². The molecule has 0 heterocycles. The average molecular weight is 281 g/mol. The van der Waals surface area contributed by atoms with E-state index in [1.54, 1.807) is 0 Å². The van der Waals surface area contributed by atoms with E-state index in [1.807, 2.05) is 27.7 Å². The summed E-state index contributed by atoms with van der Waals surface area (Å²) in [6, 6.07) is 0. The van der Waals surface area contributed by atoms with Crippen LogP contribution in [0.1, 0.15) is 47.0 Å². The maximum Gasteiger partial charge on any atom is 0.335 e. The summed E-state index contributed by atoms with van der Waals surface area (Å²) in [7, 11) is 1.32. The highest BCUT2D eigenvalue weighted by Gasteiger charge is 2.44. The number of nitrogens with zero attached hydrogens (tertiary/aromatic N) is 1. The van der Waals surface area contributed by atoms with Gasteiger partial charge in [-0.15, -0.1) is 0 Å². The smallest absolute Gasteiger partial charge is 0.335 e. The zero-order valence-electron chi connectivity index (χ0n) is 12.9. The summed E-state index contributed by atoms with van der Waals surface area (Å²) in [6.07, 6.45) is 1.71. The lowest BCUT2D eigenvalue weighted by Gasteiger charge is -2.19. The van der Waals surface area contributed by atoms with Crippen LogP contribution in [0.2, 0.25) is 0 Å². The van der Waals surface area contributed by atoms with Gasteiger partial charge in [-0.1, -0.05) is 32.3 Å². The Balaban J connectivity index is 3.37. The van der Waals surface area contributed by atoms with Crippen LogP contribution in [-0.4, -0.2) is 31.2 Å². The number of esters is 1. The summed E-state index contributed by atoms with van der Waals surface area (Å²) in [4.78, 5) is 29.4. The van der Waals surface area contributed by atoms with Crippen LogP contribution in [-0.2, 0) is 19.2 Å². The van der Waals surface area contributed by atoms with Gasteiger partial charge in [0.05, 0.1) is 24.0 Å². The van der Waals surface area contributed by atoms with Crippen molar-refractivity contribution in [3.05, 3.63) is 11.1 Å². The van der Waals surface area contributed by atoms with E-state index in [-0.39, 0.29) is 5.78 Å². The highest BCUT2D eigenvalue weighted by atomic mass is 16.6. The number of rotatable bonds is 6. The minimum absolute atomic E-state index is 0.0673. The van der Waals surface area contributed by atoms with Gasteiger partial charge in [-0.25, -0.2) is 4.79 Å². The van der Waals surface area contributed by atoms with Crippen LogP contribution >= 0.6 is 0 Å². The van der Waals surface area contributed by atoms with E-state index in [0.717, 1.165) is 6.42 Å². The van der Waals surface area contributed by atoms with Crippen LogP contribution in [0, 0.1) is 5.41 Å². The molecule has 0 unspecified atom stereocenters. The number of allylic oxidation sites excluding steroid dienone is 1. The molecular formula is C15H23NO4. The second kappa shape index (κ2) is 6.68. The minimum Gasteiger partial charge on any atom is -0.466 e. The van der Waals surface area contributed by atoms with Crippen molar-refractivity contribution in [2.75, 3.05) is 13.7 Å². The van der Waals surface area contributed by atoms with E-state index in [2.05, 4.69) is 5.16 Å². The van der Waals surface area contributed by atoms with E-state index >= 15 is 0 Å². The summed E-state index contributed by atoms with van der Waals surface area (Å²) < 4.78 is 4.84. The molecule has 0 aliphatic heterocycles. The molecule has 1 rings (SSSR count). The van der Waals surface area contributed by atoms with Gasteiger partial charge >= 0.3 is 5.97 Å². The molecule has 1 aliphatic carbocycles. The van der Waals surface area contributed by atoms with Crippen molar-refractivity contribution in [3.8, 4) is 0 Å². The fourth-order valence-electron chi connectivity index (χ4n) is 2.44. The number of ketones is 1. The number of carbonyl (C=O) groups excluding carboxylic acids is 2. The van der Waals surface area contributed by atoms with Crippen LogP contribution < -0.4 is 0 Å². The first-order valence-corrected chi connectivity index (χ1v) is 6.94. The van der Waals surface area contributed by atoms with Gasteiger partial charge in [-0.05, 0) is 13.3 Å². The summed E-state index contributed by atoms with van der Waals surface area (Å²) >= 11 is 0. The van der Waals surface area contributed by atoms with Crippen molar-refractivity contribution >= 4 is 17.5 Å². The molecule has 5 nitrogen and oxygen atoms in total. The number of hydrogen-bond acceptors (Lipinski definition) is 5. The van der Waals surface area contributed by atoms with E-state index in [0.29, 0.717) is 36.3 Å². The van der Waals surface area contributed by atoms with Gasteiger partial charge in [0, 0.05) is 11.8 Å². The molecule has 5 heteroatoms. The Morgan fingerprint density at radius 2 is 2.00 bits per heavy atom. The molecule has 0 bridgehead atoms. The molecule has 0 aromatic rings. The van der Waals surface area contributed by atoms with Gasteiger partial charge in [0.1, 0.15) is 6.61 Å². The number of carbonyl (C=O) groups is 2. The number of ether oxygens (including phenoxy) is 1. The standard InChI is InChI=1S/C15H23NO4/c1-6-8-10(16-20-7-2)12-11(17)9-15(3,4)13(12)14(18)19-5/h6-9H2,1-5H3/b16-10-. The summed E-state index contributed by atoms with van der Waals surface area (Å²) in [5.41, 5.74) is 0.819. The maximum absolute atomic E-state index is 12.3. The quantitative estimate of drug-likeness (QED) is 0.426. The number of methoxy groups -OCH3 is 1. The van der Waals surface area contributed by atoms with Gasteiger partial charge in [-0.2, -0.15) is 0 Å². The van der Waals surface area contributed by atoms with Gasteiger partial charge in [0.2, 0.25) is 0 Å². The maximum atomic E-state index is 12.3. The predicted octanol–water partition coefficient (Wildman–Crippen LogP) is 2.65.